The highest BCUT2D eigenvalue weighted by Crippen LogP contribution is 2.27. The molecule has 2 heteroatoms. The molecule has 2 aromatic rings. The Morgan fingerprint density at radius 1 is 1.00 bits per heavy atom. The largest absolute Gasteiger partial charge is 0.378 e. The van der Waals surface area contributed by atoms with Crippen LogP contribution in [0.15, 0.2) is 53.0 Å². The Morgan fingerprint density at radius 3 is 2.35 bits per heavy atom. The van der Waals surface area contributed by atoms with Crippen molar-refractivity contribution in [2.45, 2.75) is 19.9 Å². The Bertz CT molecular complexity index is 508. The Labute approximate surface area is 111 Å². The summed E-state index contributed by atoms with van der Waals surface area (Å²) in [4.78, 5) is 0. The zero-order chi connectivity index (χ0) is 12.3. The molecule has 17 heavy (non-hydrogen) atoms. The second-order valence-corrected chi connectivity index (χ2v) is 5.06. The van der Waals surface area contributed by atoms with E-state index in [0.29, 0.717) is 6.04 Å². The quantitative estimate of drug-likeness (QED) is 0.845. The summed E-state index contributed by atoms with van der Waals surface area (Å²) in [5, 5.41) is 3.52. The molecule has 0 heterocycles. The van der Waals surface area contributed by atoms with Crippen LogP contribution in [0.25, 0.3) is 0 Å². The number of aryl methyl sites for hydroxylation is 1. The van der Waals surface area contributed by atoms with Gasteiger partial charge in [-0.25, -0.2) is 0 Å². The molecule has 0 bridgehead atoms. The van der Waals surface area contributed by atoms with E-state index in [-0.39, 0.29) is 0 Å². The summed E-state index contributed by atoms with van der Waals surface area (Å²) in [5.74, 6) is 0. The van der Waals surface area contributed by atoms with E-state index >= 15 is 0 Å². The van der Waals surface area contributed by atoms with Gasteiger partial charge in [0.2, 0.25) is 0 Å². The predicted octanol–water partition coefficient (Wildman–Crippen LogP) is 4.93. The summed E-state index contributed by atoms with van der Waals surface area (Å²) >= 11 is 3.55. The van der Waals surface area contributed by atoms with Gasteiger partial charge in [-0.3, -0.25) is 0 Å². The summed E-state index contributed by atoms with van der Waals surface area (Å²) in [6, 6.07) is 17.0. The lowest BCUT2D eigenvalue weighted by molar-refractivity contribution is 0.873. The fourth-order valence-electron chi connectivity index (χ4n) is 1.96. The maximum Gasteiger partial charge on any atom is 0.0489 e. The third-order valence-electron chi connectivity index (χ3n) is 2.90. The summed E-state index contributed by atoms with van der Waals surface area (Å²) in [6.07, 6.45) is 0. The molecule has 1 N–H and O–H groups in total. The van der Waals surface area contributed by atoms with Crippen molar-refractivity contribution in [3.05, 3.63) is 64.1 Å². The summed E-state index contributed by atoms with van der Waals surface area (Å²) in [6.45, 7) is 4.33. The smallest absolute Gasteiger partial charge is 0.0489 e. The lowest BCUT2D eigenvalue weighted by Crippen LogP contribution is -2.08. The van der Waals surface area contributed by atoms with Crippen LogP contribution in [0.4, 0.5) is 5.69 Å². The summed E-state index contributed by atoms with van der Waals surface area (Å²) < 4.78 is 1.10. The van der Waals surface area contributed by atoms with Crippen molar-refractivity contribution < 1.29 is 0 Å². The van der Waals surface area contributed by atoms with Crippen molar-refractivity contribution in [1.29, 1.82) is 0 Å². The van der Waals surface area contributed by atoms with Gasteiger partial charge < -0.3 is 5.32 Å². The minimum absolute atomic E-state index is 0.301. The lowest BCUT2D eigenvalue weighted by atomic mass is 10.0. The molecule has 1 unspecified atom stereocenters. The number of halogens is 1. The van der Waals surface area contributed by atoms with Gasteiger partial charge in [0.1, 0.15) is 0 Å². The first-order chi connectivity index (χ1) is 8.18. The van der Waals surface area contributed by atoms with Crippen LogP contribution in [0.3, 0.4) is 0 Å². The first kappa shape index (κ1) is 12.2. The molecule has 2 aromatic carbocycles. The molecule has 0 aromatic heterocycles. The molecule has 0 saturated heterocycles. The van der Waals surface area contributed by atoms with E-state index in [9.17, 15) is 0 Å². The molecule has 0 saturated carbocycles. The molecule has 1 nitrogen and oxygen atoms in total. The Morgan fingerprint density at radius 2 is 1.65 bits per heavy atom. The average Bonchev–Trinajstić information content (AvgIpc) is 2.32. The summed E-state index contributed by atoms with van der Waals surface area (Å²) in [7, 11) is 0. The third-order valence-corrected chi connectivity index (χ3v) is 3.59. The fraction of sp³-hybridized carbons (Fsp3) is 0.200. The molecule has 0 amide bonds. The average molecular weight is 290 g/mol. The standard InChI is InChI=1S/C15H16BrN/c1-11-7-3-4-8-13(11)12(2)17-15-10-6-5-9-14(15)16/h3-10,12,17H,1-2H3. The highest BCUT2D eigenvalue weighted by atomic mass is 79.9. The number of rotatable bonds is 3. The summed E-state index contributed by atoms with van der Waals surface area (Å²) in [5.41, 5.74) is 3.78. The van der Waals surface area contributed by atoms with E-state index in [0.717, 1.165) is 10.2 Å². The number of para-hydroxylation sites is 1. The van der Waals surface area contributed by atoms with Crippen LogP contribution in [-0.2, 0) is 0 Å². The normalized spacial score (nSPS) is 12.2. The second kappa shape index (κ2) is 5.37. The second-order valence-electron chi connectivity index (χ2n) is 4.20. The fourth-order valence-corrected chi connectivity index (χ4v) is 2.36. The van der Waals surface area contributed by atoms with Gasteiger partial charge in [-0.05, 0) is 53.0 Å². The van der Waals surface area contributed by atoms with Gasteiger partial charge in [-0.15, -0.1) is 0 Å². The first-order valence-electron chi connectivity index (χ1n) is 5.75. The maximum atomic E-state index is 3.55. The molecule has 0 fully saturated rings. The van der Waals surface area contributed by atoms with Gasteiger partial charge >= 0.3 is 0 Å². The van der Waals surface area contributed by atoms with Gasteiger partial charge in [0.25, 0.3) is 0 Å². The molecule has 2 rings (SSSR count). The molecule has 0 aliphatic carbocycles. The zero-order valence-electron chi connectivity index (χ0n) is 10.1. The van der Waals surface area contributed by atoms with Crippen molar-refractivity contribution >= 4 is 21.6 Å². The molecule has 1 atom stereocenters. The Balaban J connectivity index is 2.20. The maximum absolute atomic E-state index is 3.55. The van der Waals surface area contributed by atoms with Crippen molar-refractivity contribution in [3.8, 4) is 0 Å². The molecule has 0 radical (unpaired) electrons. The van der Waals surface area contributed by atoms with E-state index in [1.807, 2.05) is 18.2 Å². The highest BCUT2D eigenvalue weighted by Gasteiger charge is 2.08. The SMILES string of the molecule is Cc1ccccc1C(C)Nc1ccccc1Br. The van der Waals surface area contributed by atoms with Gasteiger partial charge in [-0.2, -0.15) is 0 Å². The molecule has 88 valence electrons. The molecular weight excluding hydrogens is 274 g/mol. The minimum Gasteiger partial charge on any atom is -0.378 e. The predicted molar refractivity (Wildman–Crippen MR) is 77.4 cm³/mol. The van der Waals surface area contributed by atoms with Crippen molar-refractivity contribution in [3.63, 3.8) is 0 Å². The minimum atomic E-state index is 0.301. The van der Waals surface area contributed by atoms with Crippen LogP contribution in [0.1, 0.15) is 24.1 Å². The molecule has 0 spiro atoms. The van der Waals surface area contributed by atoms with Crippen molar-refractivity contribution in [1.82, 2.24) is 0 Å². The van der Waals surface area contributed by atoms with E-state index in [2.05, 4.69) is 65.4 Å². The topological polar surface area (TPSA) is 12.0 Å². The number of benzene rings is 2. The number of hydrogen-bond acceptors (Lipinski definition) is 1. The van der Waals surface area contributed by atoms with Gasteiger partial charge in [-0.1, -0.05) is 36.4 Å². The molecule has 0 aliphatic heterocycles. The number of hydrogen-bond donors (Lipinski definition) is 1. The Kier molecular flexibility index (Phi) is 3.85. The first-order valence-corrected chi connectivity index (χ1v) is 6.54. The Hall–Kier alpha value is -1.28. The van der Waals surface area contributed by atoms with E-state index in [1.54, 1.807) is 0 Å². The highest BCUT2D eigenvalue weighted by molar-refractivity contribution is 9.10. The van der Waals surface area contributed by atoms with Crippen LogP contribution in [0.2, 0.25) is 0 Å². The zero-order valence-corrected chi connectivity index (χ0v) is 11.7. The van der Waals surface area contributed by atoms with Crippen LogP contribution in [-0.4, -0.2) is 0 Å². The van der Waals surface area contributed by atoms with Crippen LogP contribution in [0.5, 0.6) is 0 Å². The van der Waals surface area contributed by atoms with Crippen LogP contribution >= 0.6 is 15.9 Å². The van der Waals surface area contributed by atoms with E-state index < -0.39 is 0 Å². The monoisotopic (exact) mass is 289 g/mol. The van der Waals surface area contributed by atoms with Crippen LogP contribution in [0, 0.1) is 6.92 Å². The third kappa shape index (κ3) is 2.89. The van der Waals surface area contributed by atoms with Gasteiger partial charge in [0.05, 0.1) is 0 Å². The lowest BCUT2D eigenvalue weighted by Gasteiger charge is -2.18. The van der Waals surface area contributed by atoms with E-state index in [4.69, 9.17) is 0 Å². The van der Waals surface area contributed by atoms with Gasteiger partial charge in [0, 0.05) is 16.2 Å². The van der Waals surface area contributed by atoms with Gasteiger partial charge in [0.15, 0.2) is 0 Å². The van der Waals surface area contributed by atoms with Crippen molar-refractivity contribution in [2.75, 3.05) is 5.32 Å². The van der Waals surface area contributed by atoms with Crippen molar-refractivity contribution in [2.24, 2.45) is 0 Å². The van der Waals surface area contributed by atoms with Crippen LogP contribution < -0.4 is 5.32 Å². The molecular formula is C15H16BrN. The van der Waals surface area contributed by atoms with E-state index in [1.165, 1.54) is 11.1 Å². The number of anilines is 1. The molecule has 0 aliphatic rings. The number of nitrogens with one attached hydrogen (secondary N) is 1.